The second-order valence-electron chi connectivity index (χ2n) is 5.19. The highest BCUT2D eigenvalue weighted by molar-refractivity contribution is 5.96. The summed E-state index contributed by atoms with van der Waals surface area (Å²) in [5.74, 6) is 0.449. The van der Waals surface area contributed by atoms with Crippen molar-refractivity contribution in [2.24, 2.45) is 0 Å². The SMILES string of the molecule is O=C(OC1CCCCC1)c1ccccc1-c1ccco1. The van der Waals surface area contributed by atoms with Gasteiger partial charge in [-0.3, -0.25) is 0 Å². The standard InChI is InChI=1S/C17H18O3/c18-17(20-13-7-2-1-3-8-13)15-10-5-4-9-14(15)16-11-6-12-19-16/h4-6,9-13H,1-3,7-8H2. The summed E-state index contributed by atoms with van der Waals surface area (Å²) in [5.41, 5.74) is 1.37. The Hall–Kier alpha value is -2.03. The molecule has 1 aromatic heterocycles. The molecule has 0 radical (unpaired) electrons. The molecule has 0 spiro atoms. The molecular weight excluding hydrogens is 252 g/mol. The van der Waals surface area contributed by atoms with Crippen molar-refractivity contribution in [1.29, 1.82) is 0 Å². The van der Waals surface area contributed by atoms with Crippen LogP contribution >= 0.6 is 0 Å². The molecule has 1 aliphatic rings. The summed E-state index contributed by atoms with van der Waals surface area (Å²) in [6, 6.07) is 11.1. The van der Waals surface area contributed by atoms with Gasteiger partial charge in [0, 0.05) is 5.56 Å². The first-order valence-corrected chi connectivity index (χ1v) is 7.18. The van der Waals surface area contributed by atoms with Crippen molar-refractivity contribution in [2.45, 2.75) is 38.2 Å². The van der Waals surface area contributed by atoms with E-state index in [4.69, 9.17) is 9.15 Å². The molecule has 1 saturated carbocycles. The normalized spacial score (nSPS) is 16.0. The van der Waals surface area contributed by atoms with E-state index in [0.717, 1.165) is 31.2 Å². The van der Waals surface area contributed by atoms with E-state index in [1.54, 1.807) is 12.3 Å². The van der Waals surface area contributed by atoms with Crippen LogP contribution in [0.1, 0.15) is 42.5 Å². The highest BCUT2D eigenvalue weighted by Gasteiger charge is 2.21. The van der Waals surface area contributed by atoms with Crippen LogP contribution in [0.4, 0.5) is 0 Å². The first-order chi connectivity index (χ1) is 9.84. The monoisotopic (exact) mass is 270 g/mol. The molecule has 1 fully saturated rings. The molecule has 1 aliphatic carbocycles. The smallest absolute Gasteiger partial charge is 0.339 e. The maximum absolute atomic E-state index is 12.4. The van der Waals surface area contributed by atoms with Crippen molar-refractivity contribution in [1.82, 2.24) is 0 Å². The van der Waals surface area contributed by atoms with Crippen LogP contribution < -0.4 is 0 Å². The Morgan fingerprint density at radius 1 is 1.05 bits per heavy atom. The topological polar surface area (TPSA) is 39.4 Å². The van der Waals surface area contributed by atoms with Crippen LogP contribution in [-0.2, 0) is 4.74 Å². The number of carbonyl (C=O) groups excluding carboxylic acids is 1. The number of hydrogen-bond donors (Lipinski definition) is 0. The zero-order chi connectivity index (χ0) is 13.8. The van der Waals surface area contributed by atoms with Gasteiger partial charge in [-0.05, 0) is 43.9 Å². The van der Waals surface area contributed by atoms with Crippen LogP contribution in [0, 0.1) is 0 Å². The maximum Gasteiger partial charge on any atom is 0.339 e. The highest BCUT2D eigenvalue weighted by Crippen LogP contribution is 2.27. The molecule has 0 saturated heterocycles. The maximum atomic E-state index is 12.4. The second kappa shape index (κ2) is 5.95. The van der Waals surface area contributed by atoms with Crippen LogP contribution in [0.25, 0.3) is 11.3 Å². The van der Waals surface area contributed by atoms with E-state index < -0.39 is 0 Å². The Kier molecular flexibility index (Phi) is 3.86. The molecule has 104 valence electrons. The minimum atomic E-state index is -0.246. The van der Waals surface area contributed by atoms with Gasteiger partial charge in [0.25, 0.3) is 0 Å². The molecule has 1 heterocycles. The largest absolute Gasteiger partial charge is 0.464 e. The molecule has 0 atom stereocenters. The van der Waals surface area contributed by atoms with Crippen molar-refractivity contribution in [2.75, 3.05) is 0 Å². The van der Waals surface area contributed by atoms with E-state index in [9.17, 15) is 4.79 Å². The minimum Gasteiger partial charge on any atom is -0.464 e. The molecule has 0 aliphatic heterocycles. The number of furan rings is 1. The third-order valence-corrected chi connectivity index (χ3v) is 3.76. The van der Waals surface area contributed by atoms with E-state index in [1.165, 1.54) is 6.42 Å². The van der Waals surface area contributed by atoms with Gasteiger partial charge in [0.05, 0.1) is 11.8 Å². The molecule has 3 rings (SSSR count). The summed E-state index contributed by atoms with van der Waals surface area (Å²) in [7, 11) is 0. The van der Waals surface area contributed by atoms with Gasteiger partial charge in [0.1, 0.15) is 11.9 Å². The van der Waals surface area contributed by atoms with E-state index in [-0.39, 0.29) is 12.1 Å². The number of esters is 1. The Morgan fingerprint density at radius 2 is 1.85 bits per heavy atom. The first kappa shape index (κ1) is 13.0. The van der Waals surface area contributed by atoms with Gasteiger partial charge < -0.3 is 9.15 Å². The number of ether oxygens (including phenoxy) is 1. The van der Waals surface area contributed by atoms with E-state index in [1.807, 2.05) is 30.3 Å². The molecular formula is C17H18O3. The van der Waals surface area contributed by atoms with Gasteiger partial charge in [0.2, 0.25) is 0 Å². The Labute approximate surface area is 118 Å². The third kappa shape index (κ3) is 2.77. The average Bonchev–Trinajstić information content (AvgIpc) is 3.02. The fourth-order valence-electron chi connectivity index (χ4n) is 2.71. The van der Waals surface area contributed by atoms with Gasteiger partial charge in [-0.25, -0.2) is 4.79 Å². The summed E-state index contributed by atoms with van der Waals surface area (Å²) in [6.45, 7) is 0. The zero-order valence-corrected chi connectivity index (χ0v) is 11.4. The number of carbonyl (C=O) groups is 1. The quantitative estimate of drug-likeness (QED) is 0.774. The fraction of sp³-hybridized carbons (Fsp3) is 0.353. The number of benzene rings is 1. The lowest BCUT2D eigenvalue weighted by Gasteiger charge is -2.22. The van der Waals surface area contributed by atoms with Crippen LogP contribution in [0.15, 0.2) is 47.1 Å². The lowest BCUT2D eigenvalue weighted by molar-refractivity contribution is 0.0212. The Balaban J connectivity index is 1.81. The van der Waals surface area contributed by atoms with Gasteiger partial charge >= 0.3 is 5.97 Å². The Bertz CT molecular complexity index is 566. The Morgan fingerprint density at radius 3 is 2.60 bits per heavy atom. The van der Waals surface area contributed by atoms with Gasteiger partial charge in [-0.2, -0.15) is 0 Å². The van der Waals surface area contributed by atoms with Gasteiger partial charge in [-0.15, -0.1) is 0 Å². The van der Waals surface area contributed by atoms with E-state index in [2.05, 4.69) is 0 Å². The summed E-state index contributed by atoms with van der Waals surface area (Å²) in [5, 5.41) is 0. The zero-order valence-electron chi connectivity index (χ0n) is 11.4. The summed E-state index contributed by atoms with van der Waals surface area (Å²) in [4.78, 5) is 12.4. The summed E-state index contributed by atoms with van der Waals surface area (Å²) < 4.78 is 11.0. The van der Waals surface area contributed by atoms with E-state index >= 15 is 0 Å². The minimum absolute atomic E-state index is 0.0703. The van der Waals surface area contributed by atoms with Crippen molar-refractivity contribution in [3.8, 4) is 11.3 Å². The molecule has 0 N–H and O–H groups in total. The molecule has 0 amide bonds. The highest BCUT2D eigenvalue weighted by atomic mass is 16.5. The van der Waals surface area contributed by atoms with Crippen molar-refractivity contribution < 1.29 is 13.9 Å². The van der Waals surface area contributed by atoms with Crippen LogP contribution in [0.2, 0.25) is 0 Å². The fourth-order valence-corrected chi connectivity index (χ4v) is 2.71. The van der Waals surface area contributed by atoms with E-state index in [0.29, 0.717) is 11.3 Å². The van der Waals surface area contributed by atoms with Crippen molar-refractivity contribution in [3.63, 3.8) is 0 Å². The number of rotatable bonds is 3. The molecule has 1 aromatic carbocycles. The molecule has 3 nitrogen and oxygen atoms in total. The van der Waals surface area contributed by atoms with Gasteiger partial charge in [0.15, 0.2) is 0 Å². The molecule has 0 unspecified atom stereocenters. The summed E-state index contributed by atoms with van der Waals surface area (Å²) >= 11 is 0. The lowest BCUT2D eigenvalue weighted by Crippen LogP contribution is -2.21. The molecule has 0 bridgehead atoms. The van der Waals surface area contributed by atoms with Crippen LogP contribution in [0.3, 0.4) is 0 Å². The summed E-state index contributed by atoms with van der Waals surface area (Å²) in [6.07, 6.45) is 7.19. The van der Waals surface area contributed by atoms with Crippen molar-refractivity contribution in [3.05, 3.63) is 48.2 Å². The van der Waals surface area contributed by atoms with Gasteiger partial charge in [-0.1, -0.05) is 24.6 Å². The predicted octanol–water partition coefficient (Wildman–Crippen LogP) is 4.44. The lowest BCUT2D eigenvalue weighted by atomic mass is 9.97. The molecule has 2 aromatic rings. The van der Waals surface area contributed by atoms with Crippen LogP contribution in [-0.4, -0.2) is 12.1 Å². The average molecular weight is 270 g/mol. The third-order valence-electron chi connectivity index (χ3n) is 3.76. The van der Waals surface area contributed by atoms with Crippen LogP contribution in [0.5, 0.6) is 0 Å². The molecule has 20 heavy (non-hydrogen) atoms. The first-order valence-electron chi connectivity index (χ1n) is 7.18. The molecule has 3 heteroatoms. The number of hydrogen-bond acceptors (Lipinski definition) is 3. The van der Waals surface area contributed by atoms with Crippen molar-refractivity contribution >= 4 is 5.97 Å². The predicted molar refractivity (Wildman–Crippen MR) is 76.4 cm³/mol. The second-order valence-corrected chi connectivity index (χ2v) is 5.19.